The standard InChI is InChI=1S/C30H31F7N4O3S/c1-4-45(43,44)14-13-40(25(42)16-20-7-12-24(31)23(15-20)29(32,33)34)18(2)28-39-26(21-8-9-21)27(30(35,36)37)41(28)22-10-5-19(6-11-22)17-38-3/h5-7,10-12,15,17-18,21H,4,8-9,13-14,16H2,1-3H3/t18-/m1/s1. The van der Waals surface area contributed by atoms with Crippen molar-refractivity contribution < 1.29 is 43.9 Å². The van der Waals surface area contributed by atoms with E-state index in [0.29, 0.717) is 30.5 Å². The molecule has 1 aliphatic rings. The Balaban J connectivity index is 1.84. The molecule has 1 amide bonds. The zero-order chi connectivity index (χ0) is 33.3. The van der Waals surface area contributed by atoms with E-state index in [1.54, 1.807) is 12.1 Å². The van der Waals surface area contributed by atoms with Crippen molar-refractivity contribution in [1.29, 1.82) is 0 Å². The zero-order valence-corrected chi connectivity index (χ0v) is 25.4. The van der Waals surface area contributed by atoms with Gasteiger partial charge in [-0.15, -0.1) is 0 Å². The molecule has 7 nitrogen and oxygen atoms in total. The van der Waals surface area contributed by atoms with Gasteiger partial charge in [0.15, 0.2) is 15.5 Å². The van der Waals surface area contributed by atoms with Crippen LogP contribution in [0.1, 0.15) is 72.6 Å². The van der Waals surface area contributed by atoms with Crippen molar-refractivity contribution >= 4 is 22.0 Å². The molecule has 45 heavy (non-hydrogen) atoms. The number of aromatic nitrogens is 2. The summed E-state index contributed by atoms with van der Waals surface area (Å²) in [6, 6.07) is 6.76. The van der Waals surface area contributed by atoms with Crippen LogP contribution in [0.5, 0.6) is 0 Å². The molecule has 4 rings (SSSR count). The van der Waals surface area contributed by atoms with Crippen LogP contribution in [-0.2, 0) is 33.4 Å². The van der Waals surface area contributed by atoms with Crippen LogP contribution in [0.4, 0.5) is 30.7 Å². The second-order valence-corrected chi connectivity index (χ2v) is 13.3. The summed E-state index contributed by atoms with van der Waals surface area (Å²) in [5, 5.41) is 0. The Kier molecular flexibility index (Phi) is 9.81. The fraction of sp³-hybridized carbons (Fsp3) is 0.433. The number of halogens is 7. The lowest BCUT2D eigenvalue weighted by molar-refractivity contribution is -0.143. The number of alkyl halides is 6. The van der Waals surface area contributed by atoms with Crippen LogP contribution in [0.2, 0.25) is 0 Å². The number of hydrogen-bond donors (Lipinski definition) is 0. The average Bonchev–Trinajstić information content (AvgIpc) is 3.72. The smallest absolute Gasteiger partial charge is 0.331 e. The van der Waals surface area contributed by atoms with Gasteiger partial charge in [-0.05, 0) is 55.2 Å². The number of amides is 1. The summed E-state index contributed by atoms with van der Waals surface area (Å²) in [6.07, 6.45) is -8.13. The Hall–Kier alpha value is -3.75. The number of benzene rings is 2. The molecule has 1 heterocycles. The van der Waals surface area contributed by atoms with Gasteiger partial charge in [-0.3, -0.25) is 14.4 Å². The first-order chi connectivity index (χ1) is 21.0. The summed E-state index contributed by atoms with van der Waals surface area (Å²) in [5.41, 5.74) is -2.33. The van der Waals surface area contributed by atoms with Crippen LogP contribution in [0, 0.1) is 5.82 Å². The van der Waals surface area contributed by atoms with Crippen LogP contribution < -0.4 is 0 Å². The lowest BCUT2D eigenvalue weighted by Crippen LogP contribution is -2.39. The van der Waals surface area contributed by atoms with Crippen LogP contribution in [0.15, 0.2) is 47.5 Å². The van der Waals surface area contributed by atoms with Gasteiger partial charge in [0.05, 0.1) is 29.5 Å². The maximum atomic E-state index is 14.7. The highest BCUT2D eigenvalue weighted by Crippen LogP contribution is 2.47. The molecule has 244 valence electrons. The van der Waals surface area contributed by atoms with Gasteiger partial charge in [0.2, 0.25) is 5.91 Å². The lowest BCUT2D eigenvalue weighted by Gasteiger charge is -2.30. The topological polar surface area (TPSA) is 84.6 Å². The van der Waals surface area contributed by atoms with Gasteiger partial charge in [0.25, 0.3) is 0 Å². The van der Waals surface area contributed by atoms with Gasteiger partial charge in [-0.2, -0.15) is 26.3 Å². The normalized spacial score (nSPS) is 15.1. The van der Waals surface area contributed by atoms with Crippen molar-refractivity contribution in [1.82, 2.24) is 14.5 Å². The first-order valence-corrected chi connectivity index (χ1v) is 15.9. The van der Waals surface area contributed by atoms with E-state index in [0.717, 1.165) is 15.5 Å². The van der Waals surface area contributed by atoms with E-state index in [-0.39, 0.29) is 28.5 Å². The minimum atomic E-state index is -5.04. The molecule has 1 atom stereocenters. The highest BCUT2D eigenvalue weighted by atomic mass is 32.2. The van der Waals surface area contributed by atoms with E-state index in [2.05, 4.69) is 9.98 Å². The molecule has 0 bridgehead atoms. The second-order valence-electron chi connectivity index (χ2n) is 10.8. The Morgan fingerprint density at radius 2 is 1.73 bits per heavy atom. The predicted octanol–water partition coefficient (Wildman–Crippen LogP) is 6.54. The fourth-order valence-corrected chi connectivity index (χ4v) is 5.76. The van der Waals surface area contributed by atoms with Crippen molar-refractivity contribution in [2.75, 3.05) is 25.1 Å². The Morgan fingerprint density at radius 1 is 1.09 bits per heavy atom. The number of sulfone groups is 1. The summed E-state index contributed by atoms with van der Waals surface area (Å²) >= 11 is 0. The van der Waals surface area contributed by atoms with E-state index in [1.807, 2.05) is 0 Å². The molecule has 0 radical (unpaired) electrons. The third-order valence-electron chi connectivity index (χ3n) is 7.53. The number of nitrogens with zero attached hydrogens (tertiary/aromatic N) is 4. The molecule has 1 aliphatic carbocycles. The van der Waals surface area contributed by atoms with Gasteiger partial charge >= 0.3 is 12.4 Å². The Labute approximate surface area is 255 Å². The zero-order valence-electron chi connectivity index (χ0n) is 24.6. The van der Waals surface area contributed by atoms with Gasteiger partial charge < -0.3 is 4.90 Å². The van der Waals surface area contributed by atoms with E-state index in [9.17, 15) is 43.9 Å². The van der Waals surface area contributed by atoms with Crippen molar-refractivity contribution in [2.45, 2.75) is 57.4 Å². The Morgan fingerprint density at radius 3 is 2.27 bits per heavy atom. The summed E-state index contributed by atoms with van der Waals surface area (Å²) < 4.78 is 124. The molecule has 1 saturated carbocycles. The number of carbonyl (C=O) groups excluding carboxylic acids is 1. The number of aliphatic imine (C=N–C) groups is 1. The van der Waals surface area contributed by atoms with E-state index in [4.69, 9.17) is 0 Å². The highest BCUT2D eigenvalue weighted by Gasteiger charge is 2.45. The first-order valence-electron chi connectivity index (χ1n) is 14.0. The van der Waals surface area contributed by atoms with E-state index >= 15 is 0 Å². The second kappa shape index (κ2) is 12.9. The molecule has 0 spiro atoms. The van der Waals surface area contributed by atoms with Gasteiger partial charge in [0.1, 0.15) is 11.6 Å². The molecule has 0 aliphatic heterocycles. The number of hydrogen-bond acceptors (Lipinski definition) is 5. The minimum absolute atomic E-state index is 0.0822. The molecule has 1 aromatic heterocycles. The third-order valence-corrected chi connectivity index (χ3v) is 9.21. The average molecular weight is 661 g/mol. The molecule has 0 N–H and O–H groups in total. The monoisotopic (exact) mass is 660 g/mol. The van der Waals surface area contributed by atoms with Crippen LogP contribution in [0.25, 0.3) is 5.69 Å². The van der Waals surface area contributed by atoms with Crippen molar-refractivity contribution in [2.24, 2.45) is 4.99 Å². The highest BCUT2D eigenvalue weighted by molar-refractivity contribution is 7.91. The van der Waals surface area contributed by atoms with Crippen LogP contribution in [0.3, 0.4) is 0 Å². The molecular formula is C30H31F7N4O3S. The van der Waals surface area contributed by atoms with Gasteiger partial charge in [0, 0.05) is 37.2 Å². The number of imidazole rings is 1. The maximum Gasteiger partial charge on any atom is 0.433 e. The summed E-state index contributed by atoms with van der Waals surface area (Å²) in [5.74, 6) is -3.90. The van der Waals surface area contributed by atoms with E-state index in [1.165, 1.54) is 39.2 Å². The molecular weight excluding hydrogens is 629 g/mol. The van der Waals surface area contributed by atoms with Crippen LogP contribution in [-0.4, -0.2) is 60.1 Å². The van der Waals surface area contributed by atoms with Crippen molar-refractivity contribution in [3.63, 3.8) is 0 Å². The lowest BCUT2D eigenvalue weighted by atomic mass is 10.1. The summed E-state index contributed by atoms with van der Waals surface area (Å²) in [7, 11) is -2.15. The summed E-state index contributed by atoms with van der Waals surface area (Å²) in [6.45, 7) is 2.30. The van der Waals surface area contributed by atoms with Gasteiger partial charge in [-0.25, -0.2) is 17.8 Å². The van der Waals surface area contributed by atoms with Crippen molar-refractivity contribution in [3.05, 3.63) is 82.2 Å². The number of carbonyl (C=O) groups is 1. The van der Waals surface area contributed by atoms with Gasteiger partial charge in [-0.1, -0.05) is 25.1 Å². The SMILES string of the molecule is CCS(=O)(=O)CCN(C(=O)Cc1ccc(F)c(C(F)(F)F)c1)[C@H](C)c1nc(C2CC2)c(C(F)(F)F)n1-c1ccc(C=NC)cc1. The molecule has 0 unspecified atom stereocenters. The molecule has 1 fully saturated rings. The maximum absolute atomic E-state index is 14.7. The third kappa shape index (κ3) is 7.92. The van der Waals surface area contributed by atoms with Crippen LogP contribution >= 0.6 is 0 Å². The van der Waals surface area contributed by atoms with Crippen molar-refractivity contribution in [3.8, 4) is 5.69 Å². The first kappa shape index (κ1) is 34.1. The molecule has 15 heteroatoms. The fourth-order valence-electron chi connectivity index (χ4n) is 5.00. The van der Waals surface area contributed by atoms with E-state index < -0.39 is 75.8 Å². The predicted molar refractivity (Wildman–Crippen MR) is 154 cm³/mol. The molecule has 0 saturated heterocycles. The Bertz CT molecular complexity index is 1680. The summed E-state index contributed by atoms with van der Waals surface area (Å²) in [4.78, 5) is 22.9. The molecule has 2 aromatic carbocycles. The molecule has 3 aromatic rings. The minimum Gasteiger partial charge on any atom is -0.331 e. The number of rotatable bonds is 11. The largest absolute Gasteiger partial charge is 0.433 e. The quantitative estimate of drug-likeness (QED) is 0.173.